The van der Waals surface area contributed by atoms with Crippen molar-refractivity contribution in [3.8, 4) is 0 Å². The number of likely N-dealkylation sites (N-methyl/N-ethyl adjacent to an activating group) is 1. The van der Waals surface area contributed by atoms with E-state index in [9.17, 15) is 9.50 Å². The first-order valence-electron chi connectivity index (χ1n) is 5.42. The van der Waals surface area contributed by atoms with Gasteiger partial charge < -0.3 is 15.3 Å². The lowest BCUT2D eigenvalue weighted by Gasteiger charge is -2.18. The normalized spacial score (nSPS) is 12.9. The molecular formula is C12H18BrFN2O. The third-order valence-electron chi connectivity index (χ3n) is 2.37. The maximum atomic E-state index is 13.3. The molecule has 0 radical (unpaired) electrons. The molecule has 1 unspecified atom stereocenters. The van der Waals surface area contributed by atoms with E-state index < -0.39 is 6.10 Å². The average Bonchev–Trinajstić information content (AvgIpc) is 2.20. The smallest absolute Gasteiger partial charge is 0.139 e. The monoisotopic (exact) mass is 304 g/mol. The van der Waals surface area contributed by atoms with Crippen molar-refractivity contribution in [1.29, 1.82) is 0 Å². The maximum absolute atomic E-state index is 13.3. The number of nitrogens with one attached hydrogen (secondary N) is 1. The fraction of sp³-hybridized carbons (Fsp3) is 0.500. The molecule has 2 N–H and O–H groups in total. The Bertz CT molecular complexity index is 385. The zero-order chi connectivity index (χ0) is 13.0. The van der Waals surface area contributed by atoms with E-state index in [0.29, 0.717) is 23.2 Å². The van der Waals surface area contributed by atoms with E-state index >= 15 is 0 Å². The molecule has 5 heteroatoms. The summed E-state index contributed by atoms with van der Waals surface area (Å²) in [5.74, 6) is -0.305. The van der Waals surface area contributed by atoms with Gasteiger partial charge in [0.15, 0.2) is 0 Å². The number of halogens is 2. The second-order valence-corrected chi connectivity index (χ2v) is 5.23. The molecule has 1 rings (SSSR count). The van der Waals surface area contributed by atoms with Gasteiger partial charge in [-0.15, -0.1) is 0 Å². The molecule has 1 atom stereocenters. The van der Waals surface area contributed by atoms with Crippen molar-refractivity contribution in [2.75, 3.05) is 32.5 Å². The van der Waals surface area contributed by atoms with Crippen molar-refractivity contribution in [3.63, 3.8) is 0 Å². The molecule has 1 aromatic rings. The van der Waals surface area contributed by atoms with Crippen LogP contribution in [-0.2, 0) is 0 Å². The number of aliphatic hydroxyl groups is 1. The van der Waals surface area contributed by atoms with Crippen LogP contribution in [0.25, 0.3) is 0 Å². The van der Waals surface area contributed by atoms with Gasteiger partial charge in [0, 0.05) is 18.8 Å². The highest BCUT2D eigenvalue weighted by Crippen LogP contribution is 2.23. The van der Waals surface area contributed by atoms with Gasteiger partial charge in [-0.3, -0.25) is 0 Å². The first kappa shape index (κ1) is 14.4. The summed E-state index contributed by atoms with van der Waals surface area (Å²) >= 11 is 3.13. The highest BCUT2D eigenvalue weighted by Gasteiger charge is 2.08. The summed E-state index contributed by atoms with van der Waals surface area (Å²) in [5.41, 5.74) is 1.65. The Morgan fingerprint density at radius 3 is 2.71 bits per heavy atom. The number of aliphatic hydroxyl groups excluding tert-OH is 1. The number of benzene rings is 1. The second kappa shape index (κ2) is 6.33. The summed E-state index contributed by atoms with van der Waals surface area (Å²) in [5, 5.41) is 12.7. The third kappa shape index (κ3) is 4.61. The maximum Gasteiger partial charge on any atom is 0.139 e. The molecule has 0 aliphatic rings. The zero-order valence-corrected chi connectivity index (χ0v) is 11.9. The quantitative estimate of drug-likeness (QED) is 0.876. The standard InChI is InChI=1S/C12H18BrFN2O/c1-8-4-10(13)11(14)5-12(8)15-6-9(17)7-16(2)3/h4-5,9,15,17H,6-7H2,1-3H3. The fourth-order valence-corrected chi connectivity index (χ4v) is 2.01. The van der Waals surface area contributed by atoms with Gasteiger partial charge in [0.1, 0.15) is 5.82 Å². The van der Waals surface area contributed by atoms with Crippen molar-refractivity contribution >= 4 is 21.6 Å². The summed E-state index contributed by atoms with van der Waals surface area (Å²) in [6.45, 7) is 2.87. The number of nitrogens with zero attached hydrogens (tertiary/aromatic N) is 1. The predicted octanol–water partition coefficient (Wildman–Crippen LogP) is 2.23. The SMILES string of the molecule is Cc1cc(Br)c(F)cc1NCC(O)CN(C)C. The van der Waals surface area contributed by atoms with E-state index in [2.05, 4.69) is 21.2 Å². The van der Waals surface area contributed by atoms with Gasteiger partial charge in [-0.05, 0) is 54.6 Å². The molecule has 1 aromatic carbocycles. The van der Waals surface area contributed by atoms with E-state index in [1.54, 1.807) is 6.07 Å². The molecule has 96 valence electrons. The molecule has 0 heterocycles. The van der Waals surface area contributed by atoms with Crippen LogP contribution in [0.2, 0.25) is 0 Å². The van der Waals surface area contributed by atoms with Gasteiger partial charge >= 0.3 is 0 Å². The Hall–Kier alpha value is -0.650. The van der Waals surface area contributed by atoms with Crippen LogP contribution in [0.3, 0.4) is 0 Å². The topological polar surface area (TPSA) is 35.5 Å². The molecule has 0 spiro atoms. The van der Waals surface area contributed by atoms with Crippen molar-refractivity contribution in [1.82, 2.24) is 4.90 Å². The van der Waals surface area contributed by atoms with Gasteiger partial charge in [-0.25, -0.2) is 4.39 Å². The van der Waals surface area contributed by atoms with E-state index in [1.807, 2.05) is 25.9 Å². The van der Waals surface area contributed by atoms with Crippen molar-refractivity contribution in [2.45, 2.75) is 13.0 Å². The Balaban J connectivity index is 2.60. The van der Waals surface area contributed by atoms with Gasteiger partial charge in [-0.2, -0.15) is 0 Å². The molecule has 0 saturated heterocycles. The van der Waals surface area contributed by atoms with Gasteiger partial charge in [0.25, 0.3) is 0 Å². The van der Waals surface area contributed by atoms with Crippen LogP contribution in [0.5, 0.6) is 0 Å². The van der Waals surface area contributed by atoms with Crippen LogP contribution in [0.15, 0.2) is 16.6 Å². The molecule has 17 heavy (non-hydrogen) atoms. The van der Waals surface area contributed by atoms with Crippen molar-refractivity contribution in [2.24, 2.45) is 0 Å². The van der Waals surface area contributed by atoms with E-state index in [4.69, 9.17) is 0 Å². The minimum absolute atomic E-state index is 0.305. The summed E-state index contributed by atoms with van der Waals surface area (Å²) in [7, 11) is 3.79. The Morgan fingerprint density at radius 1 is 1.47 bits per heavy atom. The fourth-order valence-electron chi connectivity index (χ4n) is 1.55. The highest BCUT2D eigenvalue weighted by atomic mass is 79.9. The molecule has 0 fully saturated rings. The van der Waals surface area contributed by atoms with Gasteiger partial charge in [-0.1, -0.05) is 0 Å². The van der Waals surface area contributed by atoms with Gasteiger partial charge in [0.05, 0.1) is 10.6 Å². The van der Waals surface area contributed by atoms with E-state index in [1.165, 1.54) is 6.07 Å². The molecule has 3 nitrogen and oxygen atoms in total. The predicted molar refractivity (Wildman–Crippen MR) is 71.9 cm³/mol. The Morgan fingerprint density at radius 2 is 2.12 bits per heavy atom. The molecule has 0 aromatic heterocycles. The lowest BCUT2D eigenvalue weighted by Crippen LogP contribution is -2.31. The van der Waals surface area contributed by atoms with Crippen LogP contribution in [0.4, 0.5) is 10.1 Å². The molecule has 0 saturated carbocycles. The molecule has 0 amide bonds. The van der Waals surface area contributed by atoms with Crippen LogP contribution < -0.4 is 5.32 Å². The van der Waals surface area contributed by atoms with Crippen LogP contribution in [-0.4, -0.2) is 43.3 Å². The summed E-state index contributed by atoms with van der Waals surface area (Å²) in [6, 6.07) is 3.15. The minimum atomic E-state index is -0.476. The number of anilines is 1. The first-order chi connectivity index (χ1) is 7.90. The van der Waals surface area contributed by atoms with Crippen molar-refractivity contribution in [3.05, 3.63) is 28.0 Å². The second-order valence-electron chi connectivity index (χ2n) is 4.38. The van der Waals surface area contributed by atoms with E-state index in [0.717, 1.165) is 5.56 Å². The Kier molecular flexibility index (Phi) is 5.36. The summed E-state index contributed by atoms with van der Waals surface area (Å²) < 4.78 is 13.8. The van der Waals surface area contributed by atoms with Gasteiger partial charge in [0.2, 0.25) is 0 Å². The third-order valence-corrected chi connectivity index (χ3v) is 2.98. The number of aryl methyl sites for hydroxylation is 1. The average molecular weight is 305 g/mol. The van der Waals surface area contributed by atoms with Crippen LogP contribution in [0.1, 0.15) is 5.56 Å². The van der Waals surface area contributed by atoms with E-state index in [-0.39, 0.29) is 5.82 Å². The first-order valence-corrected chi connectivity index (χ1v) is 6.21. The summed E-state index contributed by atoms with van der Waals surface area (Å²) in [6.07, 6.45) is -0.476. The minimum Gasteiger partial charge on any atom is -0.390 e. The van der Waals surface area contributed by atoms with Crippen molar-refractivity contribution < 1.29 is 9.50 Å². The molecule has 0 bridgehead atoms. The summed E-state index contributed by atoms with van der Waals surface area (Å²) in [4.78, 5) is 1.90. The molecule has 0 aliphatic heterocycles. The van der Waals surface area contributed by atoms with Crippen LogP contribution in [0, 0.1) is 12.7 Å². The van der Waals surface area contributed by atoms with Crippen LogP contribution >= 0.6 is 15.9 Å². The largest absolute Gasteiger partial charge is 0.390 e. The lowest BCUT2D eigenvalue weighted by molar-refractivity contribution is 0.148. The number of rotatable bonds is 5. The molecular weight excluding hydrogens is 287 g/mol. The lowest BCUT2D eigenvalue weighted by atomic mass is 10.2. The highest BCUT2D eigenvalue weighted by molar-refractivity contribution is 9.10. The number of hydrogen-bond acceptors (Lipinski definition) is 3. The Labute approximate surface area is 110 Å². The molecule has 0 aliphatic carbocycles. The number of hydrogen-bond donors (Lipinski definition) is 2. The zero-order valence-electron chi connectivity index (χ0n) is 10.3.